The molecule has 0 aromatic heterocycles. The van der Waals surface area contributed by atoms with Gasteiger partial charge >= 0.3 is 0 Å². The lowest BCUT2D eigenvalue weighted by Crippen LogP contribution is -2.28. The first-order chi connectivity index (χ1) is 7.18. The monoisotopic (exact) mass is 205 g/mol. The second-order valence-corrected chi connectivity index (χ2v) is 4.52. The second kappa shape index (κ2) is 4.23. The van der Waals surface area contributed by atoms with Gasteiger partial charge in [-0.25, -0.2) is 0 Å². The van der Waals surface area contributed by atoms with Crippen LogP contribution in [0.1, 0.15) is 30.4 Å². The highest BCUT2D eigenvalue weighted by atomic mass is 16.3. The topological polar surface area (TPSA) is 32.3 Å². The highest BCUT2D eigenvalue weighted by molar-refractivity contribution is 5.57. The van der Waals surface area contributed by atoms with Gasteiger partial charge in [0.25, 0.3) is 0 Å². The molecule has 0 radical (unpaired) electrons. The fourth-order valence-electron chi connectivity index (χ4n) is 2.34. The molecular weight excluding hydrogens is 186 g/mol. The standard InChI is InChI=1S/C13H19NO/c1-9-5-3-6-10(2)13(9)14-11-7-4-8-12(11)15/h3,5-6,11-12,14-15H,4,7-8H2,1-2H3. The SMILES string of the molecule is Cc1cccc(C)c1NC1CCCC1O. The van der Waals surface area contributed by atoms with E-state index in [2.05, 4.69) is 37.4 Å². The largest absolute Gasteiger partial charge is 0.391 e. The van der Waals surface area contributed by atoms with E-state index < -0.39 is 0 Å². The van der Waals surface area contributed by atoms with Crippen molar-refractivity contribution in [2.45, 2.75) is 45.3 Å². The van der Waals surface area contributed by atoms with Gasteiger partial charge in [0.2, 0.25) is 0 Å². The van der Waals surface area contributed by atoms with Gasteiger partial charge < -0.3 is 10.4 Å². The summed E-state index contributed by atoms with van der Waals surface area (Å²) in [6.45, 7) is 4.22. The summed E-state index contributed by atoms with van der Waals surface area (Å²) < 4.78 is 0. The zero-order valence-corrected chi connectivity index (χ0v) is 9.46. The number of rotatable bonds is 2. The van der Waals surface area contributed by atoms with Crippen molar-refractivity contribution in [3.8, 4) is 0 Å². The molecular formula is C13H19NO. The first-order valence-electron chi connectivity index (χ1n) is 5.69. The number of nitrogens with one attached hydrogen (secondary N) is 1. The molecule has 1 aromatic rings. The molecule has 1 aliphatic carbocycles. The highest BCUT2D eigenvalue weighted by Gasteiger charge is 2.25. The fraction of sp³-hybridized carbons (Fsp3) is 0.538. The number of aliphatic hydroxyl groups is 1. The van der Waals surface area contributed by atoms with Crippen LogP contribution in [-0.2, 0) is 0 Å². The molecule has 0 bridgehead atoms. The number of hydrogen-bond donors (Lipinski definition) is 2. The average Bonchev–Trinajstić information content (AvgIpc) is 2.58. The molecule has 2 heteroatoms. The molecule has 2 N–H and O–H groups in total. The Morgan fingerprint density at radius 2 is 1.87 bits per heavy atom. The molecule has 82 valence electrons. The van der Waals surface area contributed by atoms with Crippen LogP contribution < -0.4 is 5.32 Å². The lowest BCUT2D eigenvalue weighted by atomic mass is 10.1. The summed E-state index contributed by atoms with van der Waals surface area (Å²) in [4.78, 5) is 0. The van der Waals surface area contributed by atoms with Gasteiger partial charge in [0.15, 0.2) is 0 Å². The predicted octanol–water partition coefficient (Wildman–Crippen LogP) is 2.63. The van der Waals surface area contributed by atoms with E-state index in [0.717, 1.165) is 19.3 Å². The van der Waals surface area contributed by atoms with Crippen molar-refractivity contribution in [1.82, 2.24) is 0 Å². The minimum Gasteiger partial charge on any atom is -0.391 e. The normalized spacial score (nSPS) is 25.5. The Morgan fingerprint density at radius 1 is 1.20 bits per heavy atom. The number of hydrogen-bond acceptors (Lipinski definition) is 2. The third kappa shape index (κ3) is 2.15. The minimum atomic E-state index is -0.177. The number of aryl methyl sites for hydroxylation is 2. The quantitative estimate of drug-likeness (QED) is 0.778. The van der Waals surface area contributed by atoms with Crippen LogP contribution in [0.2, 0.25) is 0 Å². The molecule has 2 unspecified atom stereocenters. The van der Waals surface area contributed by atoms with Gasteiger partial charge in [-0.3, -0.25) is 0 Å². The van der Waals surface area contributed by atoms with Crippen molar-refractivity contribution in [2.75, 3.05) is 5.32 Å². The van der Waals surface area contributed by atoms with Crippen LogP contribution in [0.15, 0.2) is 18.2 Å². The van der Waals surface area contributed by atoms with E-state index >= 15 is 0 Å². The molecule has 2 nitrogen and oxygen atoms in total. The molecule has 1 fully saturated rings. The van der Waals surface area contributed by atoms with Crippen LogP contribution in [-0.4, -0.2) is 17.3 Å². The number of anilines is 1. The van der Waals surface area contributed by atoms with Gasteiger partial charge in [0, 0.05) is 5.69 Å². The zero-order valence-electron chi connectivity index (χ0n) is 9.46. The Balaban J connectivity index is 2.16. The number of aliphatic hydroxyl groups excluding tert-OH is 1. The summed E-state index contributed by atoms with van der Waals surface area (Å²) >= 11 is 0. The van der Waals surface area contributed by atoms with Crippen LogP contribution >= 0.6 is 0 Å². The van der Waals surface area contributed by atoms with Gasteiger partial charge in [0.05, 0.1) is 12.1 Å². The van der Waals surface area contributed by atoms with Gasteiger partial charge in [-0.05, 0) is 44.2 Å². The van der Waals surface area contributed by atoms with Gasteiger partial charge in [-0.1, -0.05) is 18.2 Å². The maximum Gasteiger partial charge on any atom is 0.0741 e. The Hall–Kier alpha value is -1.02. The lowest BCUT2D eigenvalue weighted by molar-refractivity contribution is 0.172. The summed E-state index contributed by atoms with van der Waals surface area (Å²) in [5.74, 6) is 0. The summed E-state index contributed by atoms with van der Waals surface area (Å²) in [5.41, 5.74) is 3.71. The van der Waals surface area contributed by atoms with Gasteiger partial charge in [-0.2, -0.15) is 0 Å². The third-order valence-corrected chi connectivity index (χ3v) is 3.29. The highest BCUT2D eigenvalue weighted by Crippen LogP contribution is 2.26. The second-order valence-electron chi connectivity index (χ2n) is 4.52. The molecule has 1 saturated carbocycles. The molecule has 15 heavy (non-hydrogen) atoms. The number of benzene rings is 1. The molecule has 2 rings (SSSR count). The average molecular weight is 205 g/mol. The Labute approximate surface area is 91.3 Å². The summed E-state index contributed by atoms with van der Waals surface area (Å²) in [6.07, 6.45) is 2.96. The van der Waals surface area contributed by atoms with Gasteiger partial charge in [0.1, 0.15) is 0 Å². The van der Waals surface area contributed by atoms with Crippen molar-refractivity contribution in [2.24, 2.45) is 0 Å². The van der Waals surface area contributed by atoms with Crippen LogP contribution in [0, 0.1) is 13.8 Å². The molecule has 2 atom stereocenters. The van der Waals surface area contributed by atoms with Crippen molar-refractivity contribution < 1.29 is 5.11 Å². The van der Waals surface area contributed by atoms with Crippen LogP contribution in [0.3, 0.4) is 0 Å². The maximum atomic E-state index is 9.77. The maximum absolute atomic E-state index is 9.77. The van der Waals surface area contributed by atoms with Crippen LogP contribution in [0.25, 0.3) is 0 Å². The Kier molecular flexibility index (Phi) is 2.96. The fourth-order valence-corrected chi connectivity index (χ4v) is 2.34. The molecule has 1 aliphatic rings. The van der Waals surface area contributed by atoms with E-state index in [1.165, 1.54) is 16.8 Å². The predicted molar refractivity (Wildman–Crippen MR) is 63.2 cm³/mol. The molecule has 0 amide bonds. The van der Waals surface area contributed by atoms with E-state index in [0.29, 0.717) is 0 Å². The van der Waals surface area contributed by atoms with E-state index in [4.69, 9.17) is 0 Å². The summed E-state index contributed by atoms with van der Waals surface area (Å²) in [5, 5.41) is 13.2. The molecule has 0 aliphatic heterocycles. The van der Waals surface area contributed by atoms with E-state index in [1.807, 2.05) is 0 Å². The van der Waals surface area contributed by atoms with Crippen molar-refractivity contribution in [1.29, 1.82) is 0 Å². The molecule has 0 spiro atoms. The Bertz CT molecular complexity index is 328. The van der Waals surface area contributed by atoms with Crippen molar-refractivity contribution >= 4 is 5.69 Å². The van der Waals surface area contributed by atoms with Crippen molar-refractivity contribution in [3.63, 3.8) is 0 Å². The van der Waals surface area contributed by atoms with Crippen LogP contribution in [0.5, 0.6) is 0 Å². The molecule has 1 aromatic carbocycles. The van der Waals surface area contributed by atoms with E-state index in [1.54, 1.807) is 0 Å². The van der Waals surface area contributed by atoms with E-state index in [9.17, 15) is 5.11 Å². The first kappa shape index (κ1) is 10.5. The Morgan fingerprint density at radius 3 is 2.40 bits per heavy atom. The van der Waals surface area contributed by atoms with Gasteiger partial charge in [-0.15, -0.1) is 0 Å². The molecule has 0 saturated heterocycles. The van der Waals surface area contributed by atoms with E-state index in [-0.39, 0.29) is 12.1 Å². The minimum absolute atomic E-state index is 0.177. The third-order valence-electron chi connectivity index (χ3n) is 3.29. The summed E-state index contributed by atoms with van der Waals surface area (Å²) in [7, 11) is 0. The van der Waals surface area contributed by atoms with Crippen LogP contribution in [0.4, 0.5) is 5.69 Å². The summed E-state index contributed by atoms with van der Waals surface area (Å²) in [6, 6.07) is 6.53. The smallest absolute Gasteiger partial charge is 0.0741 e. The molecule has 0 heterocycles. The lowest BCUT2D eigenvalue weighted by Gasteiger charge is -2.20. The van der Waals surface area contributed by atoms with Crippen molar-refractivity contribution in [3.05, 3.63) is 29.3 Å². The number of para-hydroxylation sites is 1. The first-order valence-corrected chi connectivity index (χ1v) is 5.69. The zero-order chi connectivity index (χ0) is 10.8.